The van der Waals surface area contributed by atoms with E-state index in [0.29, 0.717) is 11.0 Å². The van der Waals surface area contributed by atoms with Crippen LogP contribution in [0.15, 0.2) is 16.6 Å². The summed E-state index contributed by atoms with van der Waals surface area (Å²) < 4.78 is 0. The Morgan fingerprint density at radius 2 is 2.24 bits per heavy atom. The Hall–Kier alpha value is -1.87. The van der Waals surface area contributed by atoms with Crippen molar-refractivity contribution in [1.82, 2.24) is 20.6 Å². The van der Waals surface area contributed by atoms with Crippen molar-refractivity contribution in [2.24, 2.45) is 0 Å². The Morgan fingerprint density at radius 3 is 3.00 bits per heavy atom. The number of rotatable bonds is 4. The fourth-order valence-corrected chi connectivity index (χ4v) is 3.15. The minimum absolute atomic E-state index is 0.0639. The van der Waals surface area contributed by atoms with E-state index in [4.69, 9.17) is 5.73 Å². The maximum absolute atomic E-state index is 11.7. The largest absolute Gasteiger partial charge is 0.383 e. The second-order valence-corrected chi connectivity index (χ2v) is 6.45. The van der Waals surface area contributed by atoms with Crippen LogP contribution >= 0.6 is 23.1 Å². The number of anilines is 1. The van der Waals surface area contributed by atoms with Crippen LogP contribution in [0.1, 0.15) is 12.8 Å². The lowest BCUT2D eigenvalue weighted by atomic mass is 10.4. The van der Waals surface area contributed by atoms with Gasteiger partial charge in [0.25, 0.3) is 0 Å². The fourth-order valence-electron chi connectivity index (χ4n) is 1.66. The first-order valence-corrected chi connectivity index (χ1v) is 8.22. The summed E-state index contributed by atoms with van der Waals surface area (Å²) in [4.78, 5) is 32.3. The van der Waals surface area contributed by atoms with Gasteiger partial charge in [-0.05, 0) is 24.3 Å². The van der Waals surface area contributed by atoms with Crippen LogP contribution < -0.4 is 16.4 Å². The summed E-state index contributed by atoms with van der Waals surface area (Å²) in [6, 6.07) is 1.63. The first kappa shape index (κ1) is 14.1. The van der Waals surface area contributed by atoms with Crippen molar-refractivity contribution in [1.29, 1.82) is 0 Å². The molecule has 21 heavy (non-hydrogen) atoms. The van der Waals surface area contributed by atoms with E-state index in [9.17, 15) is 9.59 Å². The highest BCUT2D eigenvalue weighted by molar-refractivity contribution is 7.99. The number of nitrogens with zero attached hydrogens (tertiary/aromatic N) is 2. The van der Waals surface area contributed by atoms with Gasteiger partial charge in [-0.3, -0.25) is 10.1 Å². The maximum atomic E-state index is 11.7. The van der Waals surface area contributed by atoms with Gasteiger partial charge >= 0.3 is 6.03 Å². The van der Waals surface area contributed by atoms with Gasteiger partial charge in [0.15, 0.2) is 5.16 Å². The van der Waals surface area contributed by atoms with Crippen molar-refractivity contribution >= 4 is 51.1 Å². The Labute approximate surface area is 128 Å². The molecule has 1 fully saturated rings. The smallest absolute Gasteiger partial charge is 0.321 e. The zero-order valence-electron chi connectivity index (χ0n) is 11.0. The number of aromatic nitrogens is 2. The summed E-state index contributed by atoms with van der Waals surface area (Å²) in [5, 5.41) is 8.09. The second kappa shape index (κ2) is 5.86. The summed E-state index contributed by atoms with van der Waals surface area (Å²) in [7, 11) is 0. The van der Waals surface area contributed by atoms with Crippen molar-refractivity contribution in [3.8, 4) is 0 Å². The summed E-state index contributed by atoms with van der Waals surface area (Å²) in [5.41, 5.74) is 5.83. The molecule has 1 saturated carbocycles. The van der Waals surface area contributed by atoms with Gasteiger partial charge in [-0.25, -0.2) is 14.8 Å². The molecule has 0 bridgehead atoms. The van der Waals surface area contributed by atoms with E-state index in [2.05, 4.69) is 20.6 Å². The summed E-state index contributed by atoms with van der Waals surface area (Å²) in [6.07, 6.45) is 1.95. The van der Waals surface area contributed by atoms with Gasteiger partial charge in [0.05, 0.1) is 11.1 Å². The van der Waals surface area contributed by atoms with Crippen LogP contribution in [0, 0.1) is 0 Å². The van der Waals surface area contributed by atoms with Crippen molar-refractivity contribution in [2.45, 2.75) is 24.0 Å². The minimum atomic E-state index is -0.447. The zero-order valence-corrected chi connectivity index (χ0v) is 12.6. The van der Waals surface area contributed by atoms with Gasteiger partial charge in [0.1, 0.15) is 10.6 Å². The number of carbonyl (C=O) groups excluding carboxylic acids is 2. The van der Waals surface area contributed by atoms with Crippen LogP contribution in [0.2, 0.25) is 0 Å². The predicted octanol–water partition coefficient (Wildman–Crippen LogP) is 1.35. The van der Waals surface area contributed by atoms with Crippen LogP contribution in [-0.4, -0.2) is 33.7 Å². The molecule has 0 spiro atoms. The molecule has 0 aromatic carbocycles. The summed E-state index contributed by atoms with van der Waals surface area (Å²) in [5.74, 6) is 0.0799. The van der Waals surface area contributed by atoms with Gasteiger partial charge in [0, 0.05) is 6.04 Å². The number of hydrogen-bond acceptors (Lipinski definition) is 7. The molecular weight excluding hydrogens is 310 g/mol. The zero-order chi connectivity index (χ0) is 14.8. The molecule has 1 aliphatic rings. The normalized spacial score (nSPS) is 14.1. The first-order valence-electron chi connectivity index (χ1n) is 6.35. The Morgan fingerprint density at radius 1 is 1.43 bits per heavy atom. The van der Waals surface area contributed by atoms with E-state index in [1.807, 2.05) is 11.4 Å². The molecule has 3 rings (SSSR count). The molecular formula is C12H13N5O2S2. The van der Waals surface area contributed by atoms with Crippen molar-refractivity contribution in [3.63, 3.8) is 0 Å². The lowest BCUT2D eigenvalue weighted by Gasteiger charge is -2.05. The van der Waals surface area contributed by atoms with Gasteiger partial charge in [-0.1, -0.05) is 11.8 Å². The van der Waals surface area contributed by atoms with E-state index in [1.165, 1.54) is 11.3 Å². The Balaban J connectivity index is 1.55. The predicted molar refractivity (Wildman–Crippen MR) is 82.2 cm³/mol. The maximum Gasteiger partial charge on any atom is 0.321 e. The molecule has 110 valence electrons. The molecule has 3 amide bonds. The van der Waals surface area contributed by atoms with Crippen LogP contribution in [0.5, 0.6) is 0 Å². The number of nitrogen functional groups attached to an aromatic ring is 1. The average Bonchev–Trinajstić information content (AvgIpc) is 3.10. The number of thiophene rings is 1. The number of amides is 3. The molecule has 0 radical (unpaired) electrons. The number of nitrogens with two attached hydrogens (primary N) is 1. The summed E-state index contributed by atoms with van der Waals surface area (Å²) in [6.45, 7) is 0. The lowest BCUT2D eigenvalue weighted by Crippen LogP contribution is -2.41. The molecule has 0 aliphatic heterocycles. The van der Waals surface area contributed by atoms with Gasteiger partial charge in [-0.2, -0.15) is 0 Å². The van der Waals surface area contributed by atoms with Crippen LogP contribution in [0.25, 0.3) is 10.2 Å². The molecule has 4 N–H and O–H groups in total. The Bertz CT molecular complexity index is 698. The number of fused-ring (bicyclic) bond motifs is 1. The van der Waals surface area contributed by atoms with Gasteiger partial charge in [0.2, 0.25) is 5.91 Å². The van der Waals surface area contributed by atoms with E-state index < -0.39 is 6.03 Å². The van der Waals surface area contributed by atoms with E-state index in [1.54, 1.807) is 0 Å². The molecule has 2 aromatic heterocycles. The van der Waals surface area contributed by atoms with Crippen molar-refractivity contribution in [2.75, 3.05) is 11.5 Å². The third-order valence-corrected chi connectivity index (χ3v) is 4.49. The second-order valence-electron chi connectivity index (χ2n) is 4.62. The van der Waals surface area contributed by atoms with E-state index >= 15 is 0 Å². The first-order chi connectivity index (χ1) is 10.1. The van der Waals surface area contributed by atoms with Gasteiger partial charge < -0.3 is 11.1 Å². The van der Waals surface area contributed by atoms with Crippen LogP contribution in [-0.2, 0) is 4.79 Å². The highest BCUT2D eigenvalue weighted by Gasteiger charge is 2.23. The molecule has 2 aromatic rings. The molecule has 2 heterocycles. The third kappa shape index (κ3) is 3.61. The number of carbonyl (C=O) groups is 2. The highest BCUT2D eigenvalue weighted by atomic mass is 32.2. The average molecular weight is 323 g/mol. The molecule has 7 nitrogen and oxygen atoms in total. The number of urea groups is 1. The molecule has 0 atom stereocenters. The minimum Gasteiger partial charge on any atom is -0.383 e. The van der Waals surface area contributed by atoms with E-state index in [0.717, 1.165) is 34.8 Å². The quantitative estimate of drug-likeness (QED) is 0.579. The number of nitrogens with one attached hydrogen (secondary N) is 2. The Kier molecular flexibility index (Phi) is 3.93. The van der Waals surface area contributed by atoms with Crippen molar-refractivity contribution in [3.05, 3.63) is 11.4 Å². The standard InChI is InChI=1S/C12H13N5O2S2/c13-9-7-3-4-20-10(7)17-12(16-9)21-5-8(18)15-11(19)14-6-1-2-6/h3-4,6H,1-2,5H2,(H2,13,16,17)(H2,14,15,18,19). The summed E-state index contributed by atoms with van der Waals surface area (Å²) >= 11 is 2.62. The molecule has 0 unspecified atom stereocenters. The van der Waals surface area contributed by atoms with Crippen LogP contribution in [0.3, 0.4) is 0 Å². The lowest BCUT2D eigenvalue weighted by molar-refractivity contribution is -0.117. The number of imide groups is 1. The third-order valence-electron chi connectivity index (χ3n) is 2.83. The fraction of sp³-hybridized carbons (Fsp3) is 0.333. The molecule has 9 heteroatoms. The van der Waals surface area contributed by atoms with Crippen molar-refractivity contribution < 1.29 is 9.59 Å². The topological polar surface area (TPSA) is 110 Å². The van der Waals surface area contributed by atoms with E-state index in [-0.39, 0.29) is 17.7 Å². The molecule has 1 aliphatic carbocycles. The van der Waals surface area contributed by atoms with Crippen LogP contribution in [0.4, 0.5) is 10.6 Å². The highest BCUT2D eigenvalue weighted by Crippen LogP contribution is 2.26. The molecule has 0 saturated heterocycles. The van der Waals surface area contributed by atoms with Gasteiger partial charge in [-0.15, -0.1) is 11.3 Å². The number of thioether (sulfide) groups is 1. The SMILES string of the molecule is Nc1nc(SCC(=O)NC(=O)NC2CC2)nc2sccc12. The monoisotopic (exact) mass is 323 g/mol. The number of hydrogen-bond donors (Lipinski definition) is 3.